The summed E-state index contributed by atoms with van der Waals surface area (Å²) in [6, 6.07) is 6.39. The van der Waals surface area contributed by atoms with Crippen molar-refractivity contribution in [2.75, 3.05) is 20.2 Å². The first-order chi connectivity index (χ1) is 9.24. The largest absolute Gasteiger partial charge is 0.495 e. The zero-order valence-electron chi connectivity index (χ0n) is 12.0. The lowest BCUT2D eigenvalue weighted by atomic mass is 9.88. The Morgan fingerprint density at radius 2 is 2.00 bits per heavy atom. The van der Waals surface area contributed by atoms with Crippen molar-refractivity contribution in [2.24, 2.45) is 7.05 Å². The summed E-state index contributed by atoms with van der Waals surface area (Å²) >= 11 is 0. The molecule has 2 heterocycles. The maximum atomic E-state index is 5.53. The van der Waals surface area contributed by atoms with Crippen molar-refractivity contribution in [3.63, 3.8) is 0 Å². The van der Waals surface area contributed by atoms with E-state index in [0.29, 0.717) is 5.92 Å². The Morgan fingerprint density at radius 3 is 2.68 bits per heavy atom. The maximum Gasteiger partial charge on any atom is 0.143 e. The van der Waals surface area contributed by atoms with Gasteiger partial charge in [-0.15, -0.1) is 0 Å². The molecule has 2 aromatic rings. The Kier molecular flexibility index (Phi) is 3.23. The van der Waals surface area contributed by atoms with Crippen molar-refractivity contribution in [3.8, 4) is 5.75 Å². The highest BCUT2D eigenvalue weighted by Crippen LogP contribution is 2.38. The van der Waals surface area contributed by atoms with Crippen LogP contribution in [0.25, 0.3) is 10.9 Å². The van der Waals surface area contributed by atoms with Crippen molar-refractivity contribution < 1.29 is 4.74 Å². The number of piperidine rings is 1. The fourth-order valence-corrected chi connectivity index (χ4v) is 3.42. The van der Waals surface area contributed by atoms with Crippen LogP contribution in [0.1, 0.15) is 30.0 Å². The molecule has 0 aliphatic carbocycles. The molecule has 1 fully saturated rings. The summed E-state index contributed by atoms with van der Waals surface area (Å²) in [5.41, 5.74) is 4.14. The highest BCUT2D eigenvalue weighted by atomic mass is 16.5. The van der Waals surface area contributed by atoms with Gasteiger partial charge in [-0.25, -0.2) is 0 Å². The summed E-state index contributed by atoms with van der Waals surface area (Å²) in [4.78, 5) is 0. The zero-order valence-corrected chi connectivity index (χ0v) is 12.0. The average molecular weight is 258 g/mol. The molecule has 0 radical (unpaired) electrons. The van der Waals surface area contributed by atoms with Gasteiger partial charge in [-0.05, 0) is 50.4 Å². The van der Waals surface area contributed by atoms with Gasteiger partial charge in [0.25, 0.3) is 0 Å². The van der Waals surface area contributed by atoms with Crippen molar-refractivity contribution in [2.45, 2.75) is 25.7 Å². The summed E-state index contributed by atoms with van der Waals surface area (Å²) in [5.74, 6) is 1.65. The number of rotatable bonds is 2. The molecular formula is C16H22N2O. The number of hydrogen-bond donors (Lipinski definition) is 1. The minimum atomic E-state index is 0.678. The number of para-hydroxylation sites is 1. The Bertz CT molecular complexity index is 594. The molecule has 0 spiro atoms. The quantitative estimate of drug-likeness (QED) is 0.896. The molecule has 1 aromatic heterocycles. The molecule has 1 aliphatic heterocycles. The second-order valence-corrected chi connectivity index (χ2v) is 5.44. The van der Waals surface area contributed by atoms with Gasteiger partial charge in [0.05, 0.1) is 12.6 Å². The molecule has 0 atom stereocenters. The number of aryl methyl sites for hydroxylation is 1. The number of aromatic nitrogens is 1. The third-order valence-electron chi connectivity index (χ3n) is 4.48. The van der Waals surface area contributed by atoms with E-state index in [1.807, 2.05) is 6.07 Å². The lowest BCUT2D eigenvalue weighted by Gasteiger charge is -2.23. The van der Waals surface area contributed by atoms with E-state index < -0.39 is 0 Å². The standard InChI is InChI=1S/C16H22N2O/c1-11-15(12-7-9-17-10-8-12)13-5-4-6-14(19-3)16(13)18(11)2/h4-6,12,17H,7-10H2,1-3H3. The Hall–Kier alpha value is -1.48. The van der Waals surface area contributed by atoms with Crippen molar-refractivity contribution >= 4 is 10.9 Å². The van der Waals surface area contributed by atoms with Crippen LogP contribution in [0.4, 0.5) is 0 Å². The van der Waals surface area contributed by atoms with Crippen LogP contribution in [0.15, 0.2) is 18.2 Å². The number of ether oxygens (including phenoxy) is 1. The molecule has 3 heteroatoms. The summed E-state index contributed by atoms with van der Waals surface area (Å²) in [5, 5.41) is 4.82. The number of nitrogens with zero attached hydrogens (tertiary/aromatic N) is 1. The van der Waals surface area contributed by atoms with Crippen LogP contribution in [0.3, 0.4) is 0 Å². The Morgan fingerprint density at radius 1 is 1.26 bits per heavy atom. The zero-order chi connectivity index (χ0) is 13.4. The third kappa shape index (κ3) is 1.93. The number of nitrogens with one attached hydrogen (secondary N) is 1. The van der Waals surface area contributed by atoms with Crippen molar-refractivity contribution in [1.29, 1.82) is 0 Å². The van der Waals surface area contributed by atoms with E-state index in [-0.39, 0.29) is 0 Å². The molecule has 19 heavy (non-hydrogen) atoms. The van der Waals surface area contributed by atoms with E-state index in [1.165, 1.54) is 35.0 Å². The van der Waals surface area contributed by atoms with Crippen molar-refractivity contribution in [3.05, 3.63) is 29.5 Å². The molecule has 1 saturated heterocycles. The van der Waals surface area contributed by atoms with Gasteiger partial charge in [-0.3, -0.25) is 0 Å². The van der Waals surface area contributed by atoms with Gasteiger partial charge in [-0.1, -0.05) is 12.1 Å². The summed E-state index contributed by atoms with van der Waals surface area (Å²) in [6.07, 6.45) is 2.47. The molecule has 0 amide bonds. The number of benzene rings is 1. The molecule has 0 saturated carbocycles. The van der Waals surface area contributed by atoms with E-state index in [2.05, 4.69) is 36.0 Å². The van der Waals surface area contributed by atoms with Crippen LogP contribution in [0.2, 0.25) is 0 Å². The first-order valence-corrected chi connectivity index (χ1v) is 7.06. The Labute approximate surface area is 114 Å². The number of fused-ring (bicyclic) bond motifs is 1. The molecule has 3 rings (SSSR count). The first-order valence-electron chi connectivity index (χ1n) is 7.06. The van der Waals surface area contributed by atoms with Gasteiger partial charge in [0, 0.05) is 18.1 Å². The summed E-state index contributed by atoms with van der Waals surface area (Å²) < 4.78 is 7.81. The monoisotopic (exact) mass is 258 g/mol. The van der Waals surface area contributed by atoms with Crippen LogP contribution in [0, 0.1) is 6.92 Å². The first kappa shape index (κ1) is 12.5. The van der Waals surface area contributed by atoms with Gasteiger partial charge >= 0.3 is 0 Å². The van der Waals surface area contributed by atoms with Crippen LogP contribution in [-0.4, -0.2) is 24.8 Å². The van der Waals surface area contributed by atoms with Crippen LogP contribution < -0.4 is 10.1 Å². The minimum Gasteiger partial charge on any atom is -0.495 e. The van der Waals surface area contributed by atoms with E-state index in [4.69, 9.17) is 4.74 Å². The molecule has 0 bridgehead atoms. The highest BCUT2D eigenvalue weighted by molar-refractivity contribution is 5.90. The Balaban J connectivity index is 2.21. The average Bonchev–Trinajstić information content (AvgIpc) is 2.72. The predicted octanol–water partition coefficient (Wildman–Crippen LogP) is 2.96. The fourth-order valence-electron chi connectivity index (χ4n) is 3.42. The smallest absolute Gasteiger partial charge is 0.143 e. The molecule has 3 nitrogen and oxygen atoms in total. The molecule has 0 unspecified atom stereocenters. The molecule has 1 N–H and O–H groups in total. The molecule has 102 valence electrons. The van der Waals surface area contributed by atoms with Gasteiger partial charge in [0.15, 0.2) is 0 Å². The second-order valence-electron chi connectivity index (χ2n) is 5.44. The van der Waals surface area contributed by atoms with Crippen LogP contribution in [0.5, 0.6) is 5.75 Å². The van der Waals surface area contributed by atoms with Gasteiger partial charge < -0.3 is 14.6 Å². The van der Waals surface area contributed by atoms with E-state index in [9.17, 15) is 0 Å². The van der Waals surface area contributed by atoms with E-state index >= 15 is 0 Å². The molecule has 1 aliphatic rings. The van der Waals surface area contributed by atoms with Gasteiger partial charge in [-0.2, -0.15) is 0 Å². The van der Waals surface area contributed by atoms with Crippen molar-refractivity contribution in [1.82, 2.24) is 9.88 Å². The fraction of sp³-hybridized carbons (Fsp3) is 0.500. The van der Waals surface area contributed by atoms with Gasteiger partial charge in [0.2, 0.25) is 0 Å². The van der Waals surface area contributed by atoms with Gasteiger partial charge in [0.1, 0.15) is 5.75 Å². The lowest BCUT2D eigenvalue weighted by molar-refractivity contribution is 0.418. The number of hydrogen-bond acceptors (Lipinski definition) is 2. The third-order valence-corrected chi connectivity index (χ3v) is 4.48. The summed E-state index contributed by atoms with van der Waals surface area (Å²) in [7, 11) is 3.89. The highest BCUT2D eigenvalue weighted by Gasteiger charge is 2.23. The topological polar surface area (TPSA) is 26.2 Å². The maximum absolute atomic E-state index is 5.53. The minimum absolute atomic E-state index is 0.678. The van der Waals surface area contributed by atoms with Crippen LogP contribution in [-0.2, 0) is 7.05 Å². The lowest BCUT2D eigenvalue weighted by Crippen LogP contribution is -2.26. The SMILES string of the molecule is COc1cccc2c(C3CCNCC3)c(C)n(C)c12. The summed E-state index contributed by atoms with van der Waals surface area (Å²) in [6.45, 7) is 4.49. The molecule has 1 aromatic carbocycles. The predicted molar refractivity (Wildman–Crippen MR) is 79.1 cm³/mol. The molecular weight excluding hydrogens is 236 g/mol. The second kappa shape index (κ2) is 4.89. The van der Waals surface area contributed by atoms with E-state index in [1.54, 1.807) is 7.11 Å². The number of methoxy groups -OCH3 is 1. The van der Waals surface area contributed by atoms with Crippen LogP contribution >= 0.6 is 0 Å². The van der Waals surface area contributed by atoms with E-state index in [0.717, 1.165) is 18.8 Å². The normalized spacial score (nSPS) is 17.0.